The van der Waals surface area contributed by atoms with E-state index in [0.29, 0.717) is 21.7 Å². The van der Waals surface area contributed by atoms with Gasteiger partial charge >= 0.3 is 5.97 Å². The van der Waals surface area contributed by atoms with Crippen molar-refractivity contribution in [1.82, 2.24) is 25.1 Å². The third-order valence-corrected chi connectivity index (χ3v) is 4.65. The second-order valence-corrected chi connectivity index (χ2v) is 6.92. The number of fused-ring (bicyclic) bond motifs is 1. The number of aromatic nitrogens is 4. The lowest BCUT2D eigenvalue weighted by atomic mass is 10.3. The number of thioether (sulfide) groups is 1. The summed E-state index contributed by atoms with van der Waals surface area (Å²) in [5.74, 6) is -0.928. The van der Waals surface area contributed by atoms with Crippen LogP contribution in [0.1, 0.15) is 6.92 Å². The minimum absolute atomic E-state index is 0.0286. The van der Waals surface area contributed by atoms with Crippen molar-refractivity contribution in [3.8, 4) is 5.69 Å². The molecule has 2 aromatic heterocycles. The number of benzene rings is 1. The Labute approximate surface area is 168 Å². The van der Waals surface area contributed by atoms with Gasteiger partial charge in [-0.15, -0.1) is 0 Å². The molecule has 0 atom stereocenters. The minimum atomic E-state index is -0.515. The lowest BCUT2D eigenvalue weighted by Crippen LogP contribution is -2.31. The molecule has 0 aliphatic rings. The normalized spacial score (nSPS) is 10.8. The molecule has 11 heteroatoms. The number of nitrogens with one attached hydrogen (secondary N) is 2. The summed E-state index contributed by atoms with van der Waals surface area (Å²) in [5, 5.41) is 7.75. The van der Waals surface area contributed by atoms with E-state index in [1.54, 1.807) is 31.2 Å². The Morgan fingerprint density at radius 2 is 2.21 bits per heavy atom. The van der Waals surface area contributed by atoms with Gasteiger partial charge in [-0.25, -0.2) is 9.67 Å². The van der Waals surface area contributed by atoms with Crippen molar-refractivity contribution >= 4 is 46.3 Å². The molecule has 0 aliphatic carbocycles. The van der Waals surface area contributed by atoms with E-state index >= 15 is 0 Å². The lowest BCUT2D eigenvalue weighted by Gasteiger charge is -2.06. The molecular formula is C17H16ClN5O4S. The summed E-state index contributed by atoms with van der Waals surface area (Å²) in [4.78, 5) is 42.4. The predicted molar refractivity (Wildman–Crippen MR) is 105 cm³/mol. The van der Waals surface area contributed by atoms with Crippen LogP contribution in [0.4, 0.5) is 0 Å². The lowest BCUT2D eigenvalue weighted by molar-refractivity contribution is -0.143. The third kappa shape index (κ3) is 4.70. The molecule has 146 valence electrons. The van der Waals surface area contributed by atoms with Crippen LogP contribution in [-0.2, 0) is 14.3 Å². The fourth-order valence-electron chi connectivity index (χ4n) is 2.33. The fraction of sp³-hybridized carbons (Fsp3) is 0.235. The predicted octanol–water partition coefficient (Wildman–Crippen LogP) is 1.53. The Balaban J connectivity index is 1.76. The summed E-state index contributed by atoms with van der Waals surface area (Å²) in [6.07, 6.45) is 1.42. The van der Waals surface area contributed by atoms with Crippen LogP contribution < -0.4 is 10.9 Å². The molecule has 3 rings (SSSR count). The van der Waals surface area contributed by atoms with Gasteiger partial charge in [0.05, 0.1) is 24.2 Å². The van der Waals surface area contributed by atoms with Crippen LogP contribution in [0.15, 0.2) is 40.4 Å². The highest BCUT2D eigenvalue weighted by atomic mass is 35.5. The standard InChI is InChI=1S/C17H16ClN5O4S/c1-2-27-14(25)8-19-13(24)9-28-17-21-15-12(16(26)22-17)7-20-23(15)11-5-3-4-10(18)6-11/h3-7H,2,8-9H2,1H3,(H,19,24)(H,21,22,26). The van der Waals surface area contributed by atoms with E-state index in [1.165, 1.54) is 10.9 Å². The van der Waals surface area contributed by atoms with E-state index < -0.39 is 5.97 Å². The van der Waals surface area contributed by atoms with Gasteiger partial charge in [-0.3, -0.25) is 14.4 Å². The second kappa shape index (κ2) is 8.89. The first-order valence-electron chi connectivity index (χ1n) is 8.27. The first-order valence-corrected chi connectivity index (χ1v) is 9.63. The number of hydrogen-bond acceptors (Lipinski definition) is 7. The number of aromatic amines is 1. The maximum absolute atomic E-state index is 12.3. The Morgan fingerprint density at radius 1 is 1.39 bits per heavy atom. The molecule has 0 radical (unpaired) electrons. The summed E-state index contributed by atoms with van der Waals surface area (Å²) in [7, 11) is 0. The van der Waals surface area contributed by atoms with Crippen LogP contribution in [-0.4, -0.2) is 50.5 Å². The molecule has 1 amide bonds. The van der Waals surface area contributed by atoms with Crippen LogP contribution in [0.25, 0.3) is 16.7 Å². The van der Waals surface area contributed by atoms with Crippen molar-refractivity contribution in [2.24, 2.45) is 0 Å². The van der Waals surface area contributed by atoms with E-state index in [9.17, 15) is 14.4 Å². The average Bonchev–Trinajstić information content (AvgIpc) is 3.09. The van der Waals surface area contributed by atoms with Gasteiger partial charge in [0.1, 0.15) is 11.9 Å². The molecule has 0 bridgehead atoms. The number of nitrogens with zero attached hydrogens (tertiary/aromatic N) is 3. The monoisotopic (exact) mass is 421 g/mol. The molecule has 0 unspecified atom stereocenters. The molecule has 1 aromatic carbocycles. The highest BCUT2D eigenvalue weighted by Gasteiger charge is 2.13. The van der Waals surface area contributed by atoms with Crippen LogP contribution in [0, 0.1) is 0 Å². The molecule has 2 heterocycles. The van der Waals surface area contributed by atoms with Crippen molar-refractivity contribution in [2.45, 2.75) is 12.1 Å². The molecule has 0 spiro atoms. The number of hydrogen-bond donors (Lipinski definition) is 2. The Morgan fingerprint density at radius 3 is 2.96 bits per heavy atom. The van der Waals surface area contributed by atoms with Crippen LogP contribution in [0.5, 0.6) is 0 Å². The van der Waals surface area contributed by atoms with Crippen molar-refractivity contribution < 1.29 is 14.3 Å². The second-order valence-electron chi connectivity index (χ2n) is 5.52. The number of ether oxygens (including phenoxy) is 1. The topological polar surface area (TPSA) is 119 Å². The average molecular weight is 422 g/mol. The van der Waals surface area contributed by atoms with Gasteiger partial charge in [0, 0.05) is 5.02 Å². The zero-order chi connectivity index (χ0) is 20.1. The highest BCUT2D eigenvalue weighted by molar-refractivity contribution is 7.99. The van der Waals surface area contributed by atoms with Gasteiger partial charge in [-0.2, -0.15) is 5.10 Å². The molecule has 0 fully saturated rings. The van der Waals surface area contributed by atoms with Gasteiger partial charge in [0.25, 0.3) is 5.56 Å². The van der Waals surface area contributed by atoms with E-state index in [2.05, 4.69) is 20.4 Å². The molecular weight excluding hydrogens is 406 g/mol. The van der Waals surface area contributed by atoms with Crippen molar-refractivity contribution in [1.29, 1.82) is 0 Å². The van der Waals surface area contributed by atoms with Crippen molar-refractivity contribution in [3.63, 3.8) is 0 Å². The zero-order valence-corrected chi connectivity index (χ0v) is 16.3. The van der Waals surface area contributed by atoms with Crippen LogP contribution >= 0.6 is 23.4 Å². The van der Waals surface area contributed by atoms with Gasteiger partial charge in [0.2, 0.25) is 5.91 Å². The third-order valence-electron chi connectivity index (χ3n) is 3.54. The van der Waals surface area contributed by atoms with Gasteiger partial charge in [0.15, 0.2) is 10.8 Å². The SMILES string of the molecule is CCOC(=O)CNC(=O)CSc1nc2c(cnn2-c2cccc(Cl)c2)c(=O)[nH]1. The van der Waals surface area contributed by atoms with Gasteiger partial charge in [-0.1, -0.05) is 29.4 Å². The molecule has 3 aromatic rings. The largest absolute Gasteiger partial charge is 0.465 e. The Bertz CT molecular complexity index is 1080. The number of rotatable bonds is 7. The summed E-state index contributed by atoms with van der Waals surface area (Å²) in [6, 6.07) is 6.98. The number of carbonyl (C=O) groups excluding carboxylic acids is 2. The maximum atomic E-state index is 12.3. The van der Waals surface area contributed by atoms with Crippen molar-refractivity contribution in [3.05, 3.63) is 45.8 Å². The highest BCUT2D eigenvalue weighted by Crippen LogP contribution is 2.19. The first-order chi connectivity index (χ1) is 13.5. The molecule has 2 N–H and O–H groups in total. The van der Waals surface area contributed by atoms with Crippen LogP contribution in [0.3, 0.4) is 0 Å². The van der Waals surface area contributed by atoms with Crippen LogP contribution in [0.2, 0.25) is 5.02 Å². The summed E-state index contributed by atoms with van der Waals surface area (Å²) in [5.41, 5.74) is 0.636. The van der Waals surface area contributed by atoms with E-state index in [-0.39, 0.29) is 35.5 Å². The maximum Gasteiger partial charge on any atom is 0.325 e. The number of carbonyl (C=O) groups is 2. The van der Waals surface area contributed by atoms with Gasteiger partial charge in [-0.05, 0) is 25.1 Å². The minimum Gasteiger partial charge on any atom is -0.465 e. The number of amides is 1. The summed E-state index contributed by atoms with van der Waals surface area (Å²) >= 11 is 7.06. The summed E-state index contributed by atoms with van der Waals surface area (Å²) in [6.45, 7) is 1.72. The molecule has 28 heavy (non-hydrogen) atoms. The molecule has 9 nitrogen and oxygen atoms in total. The Hall–Kier alpha value is -2.85. The van der Waals surface area contributed by atoms with E-state index in [1.807, 2.05) is 0 Å². The fourth-order valence-corrected chi connectivity index (χ4v) is 3.20. The quantitative estimate of drug-likeness (QED) is 0.337. The number of H-pyrrole nitrogens is 1. The number of esters is 1. The van der Waals surface area contributed by atoms with E-state index in [4.69, 9.17) is 16.3 Å². The van der Waals surface area contributed by atoms with Crippen molar-refractivity contribution in [2.75, 3.05) is 18.9 Å². The van der Waals surface area contributed by atoms with Gasteiger partial charge < -0.3 is 15.0 Å². The smallest absolute Gasteiger partial charge is 0.325 e. The molecule has 0 saturated carbocycles. The first kappa shape index (κ1) is 19.9. The summed E-state index contributed by atoms with van der Waals surface area (Å²) < 4.78 is 6.24. The van der Waals surface area contributed by atoms with E-state index in [0.717, 1.165) is 11.8 Å². The number of halogens is 1. The molecule has 0 saturated heterocycles. The Kier molecular flexibility index (Phi) is 6.32. The zero-order valence-electron chi connectivity index (χ0n) is 14.8. The molecule has 0 aliphatic heterocycles.